The van der Waals surface area contributed by atoms with Crippen molar-refractivity contribution in [3.63, 3.8) is 0 Å². The Morgan fingerprint density at radius 1 is 1.63 bits per heavy atom. The molecule has 19 heavy (non-hydrogen) atoms. The summed E-state index contributed by atoms with van der Waals surface area (Å²) in [6.07, 6.45) is 3.64. The SMILES string of the molecule is Cc1occc1SCC(NC(C)C)(C(=O)O)C1CC1. The van der Waals surface area contributed by atoms with E-state index in [1.165, 1.54) is 0 Å². The van der Waals surface area contributed by atoms with Gasteiger partial charge in [-0.3, -0.25) is 10.1 Å². The minimum absolute atomic E-state index is 0.155. The maximum Gasteiger partial charge on any atom is 0.325 e. The van der Waals surface area contributed by atoms with Crippen LogP contribution in [0.2, 0.25) is 0 Å². The zero-order chi connectivity index (χ0) is 14.0. The molecule has 1 aliphatic carbocycles. The average molecular weight is 283 g/mol. The summed E-state index contributed by atoms with van der Waals surface area (Å²) in [6.45, 7) is 5.89. The van der Waals surface area contributed by atoms with Crippen molar-refractivity contribution in [2.24, 2.45) is 5.92 Å². The molecule has 1 saturated carbocycles. The second-order valence-corrected chi connectivity index (χ2v) is 6.50. The number of nitrogens with one attached hydrogen (secondary N) is 1. The van der Waals surface area contributed by atoms with Gasteiger partial charge in [-0.15, -0.1) is 11.8 Å². The summed E-state index contributed by atoms with van der Waals surface area (Å²) in [6, 6.07) is 2.05. The van der Waals surface area contributed by atoms with E-state index in [1.54, 1.807) is 18.0 Å². The third-order valence-electron chi connectivity index (χ3n) is 3.47. The van der Waals surface area contributed by atoms with E-state index in [0.29, 0.717) is 5.75 Å². The molecule has 1 aromatic rings. The van der Waals surface area contributed by atoms with Crippen LogP contribution in [0.25, 0.3) is 0 Å². The number of furan rings is 1. The van der Waals surface area contributed by atoms with Crippen molar-refractivity contribution in [3.05, 3.63) is 18.1 Å². The number of carboxylic acids is 1. The second-order valence-electron chi connectivity index (χ2n) is 5.48. The predicted molar refractivity (Wildman–Crippen MR) is 75.5 cm³/mol. The van der Waals surface area contributed by atoms with Gasteiger partial charge in [-0.2, -0.15) is 0 Å². The van der Waals surface area contributed by atoms with Crippen molar-refractivity contribution in [1.29, 1.82) is 0 Å². The average Bonchev–Trinajstić information content (AvgIpc) is 3.09. The highest BCUT2D eigenvalue weighted by atomic mass is 32.2. The third kappa shape index (κ3) is 3.15. The van der Waals surface area contributed by atoms with Crippen LogP contribution in [0.5, 0.6) is 0 Å². The molecule has 1 unspecified atom stereocenters. The Bertz CT molecular complexity index is 453. The second kappa shape index (κ2) is 5.59. The number of aliphatic carboxylic acids is 1. The van der Waals surface area contributed by atoms with Crippen LogP contribution in [0.1, 0.15) is 32.4 Å². The zero-order valence-corrected chi connectivity index (χ0v) is 12.4. The van der Waals surface area contributed by atoms with Gasteiger partial charge in [0, 0.05) is 16.7 Å². The first-order chi connectivity index (χ1) is 8.95. The molecular formula is C14H21NO3S. The molecule has 1 aliphatic rings. The molecule has 5 heteroatoms. The number of rotatable bonds is 7. The Morgan fingerprint density at radius 3 is 2.74 bits per heavy atom. The van der Waals surface area contributed by atoms with Crippen LogP contribution in [0.4, 0.5) is 0 Å². The van der Waals surface area contributed by atoms with Gasteiger partial charge in [-0.1, -0.05) is 0 Å². The van der Waals surface area contributed by atoms with E-state index >= 15 is 0 Å². The van der Waals surface area contributed by atoms with Gasteiger partial charge < -0.3 is 9.52 Å². The van der Waals surface area contributed by atoms with Gasteiger partial charge in [0.1, 0.15) is 11.3 Å². The van der Waals surface area contributed by atoms with Gasteiger partial charge in [0.25, 0.3) is 0 Å². The number of thioether (sulfide) groups is 1. The Hall–Kier alpha value is -0.940. The first-order valence-corrected chi connectivity index (χ1v) is 7.62. The lowest BCUT2D eigenvalue weighted by molar-refractivity contribution is -0.145. The van der Waals surface area contributed by atoms with E-state index in [2.05, 4.69) is 5.32 Å². The normalized spacial score (nSPS) is 18.5. The Morgan fingerprint density at radius 2 is 2.32 bits per heavy atom. The van der Waals surface area contributed by atoms with Gasteiger partial charge in [-0.05, 0) is 45.6 Å². The van der Waals surface area contributed by atoms with E-state index in [0.717, 1.165) is 23.5 Å². The topological polar surface area (TPSA) is 62.5 Å². The molecule has 2 N–H and O–H groups in total. The van der Waals surface area contributed by atoms with Crippen LogP contribution in [-0.2, 0) is 4.79 Å². The van der Waals surface area contributed by atoms with Crippen molar-refractivity contribution in [1.82, 2.24) is 5.32 Å². The minimum Gasteiger partial charge on any atom is -0.480 e. The third-order valence-corrected chi connectivity index (χ3v) is 4.80. The lowest BCUT2D eigenvalue weighted by atomic mass is 9.94. The van der Waals surface area contributed by atoms with Crippen LogP contribution < -0.4 is 5.32 Å². The largest absolute Gasteiger partial charge is 0.480 e. The van der Waals surface area contributed by atoms with E-state index in [4.69, 9.17) is 4.42 Å². The molecule has 2 rings (SSSR count). The molecule has 1 heterocycles. The summed E-state index contributed by atoms with van der Waals surface area (Å²) < 4.78 is 5.26. The monoisotopic (exact) mass is 283 g/mol. The van der Waals surface area contributed by atoms with Gasteiger partial charge in [0.2, 0.25) is 0 Å². The number of carbonyl (C=O) groups is 1. The maximum absolute atomic E-state index is 11.8. The molecule has 4 nitrogen and oxygen atoms in total. The predicted octanol–water partition coefficient (Wildman–Crippen LogP) is 2.91. The molecule has 0 saturated heterocycles. The van der Waals surface area contributed by atoms with Crippen LogP contribution in [-0.4, -0.2) is 28.4 Å². The molecule has 0 aromatic carbocycles. The molecule has 1 fully saturated rings. The van der Waals surface area contributed by atoms with Gasteiger partial charge in [0.05, 0.1) is 6.26 Å². The first kappa shape index (κ1) is 14.5. The molecule has 0 aliphatic heterocycles. The smallest absolute Gasteiger partial charge is 0.325 e. The summed E-state index contributed by atoms with van der Waals surface area (Å²) in [5.74, 6) is 0.889. The van der Waals surface area contributed by atoms with Gasteiger partial charge in [0.15, 0.2) is 0 Å². The summed E-state index contributed by atoms with van der Waals surface area (Å²) >= 11 is 1.56. The maximum atomic E-state index is 11.8. The van der Waals surface area contributed by atoms with E-state index < -0.39 is 11.5 Å². The molecular weight excluding hydrogens is 262 g/mol. The molecule has 1 aromatic heterocycles. The fourth-order valence-electron chi connectivity index (χ4n) is 2.38. The summed E-state index contributed by atoms with van der Waals surface area (Å²) in [4.78, 5) is 12.8. The number of aryl methyl sites for hydroxylation is 1. The molecule has 0 radical (unpaired) electrons. The van der Waals surface area contributed by atoms with Crippen molar-refractivity contribution >= 4 is 17.7 Å². The van der Waals surface area contributed by atoms with Crippen LogP contribution in [0.3, 0.4) is 0 Å². The van der Waals surface area contributed by atoms with Crippen molar-refractivity contribution in [2.45, 2.75) is 50.1 Å². The van der Waals surface area contributed by atoms with Crippen molar-refractivity contribution in [2.75, 3.05) is 5.75 Å². The number of hydrogen-bond acceptors (Lipinski definition) is 4. The van der Waals surface area contributed by atoms with Gasteiger partial charge in [-0.25, -0.2) is 0 Å². The summed E-state index contributed by atoms with van der Waals surface area (Å²) in [5.41, 5.74) is -0.817. The highest BCUT2D eigenvalue weighted by Gasteiger charge is 2.51. The molecule has 106 valence electrons. The Kier molecular flexibility index (Phi) is 4.26. The van der Waals surface area contributed by atoms with Crippen molar-refractivity contribution < 1.29 is 14.3 Å². The van der Waals surface area contributed by atoms with Crippen LogP contribution in [0, 0.1) is 12.8 Å². The minimum atomic E-state index is -0.817. The standard InChI is InChI=1S/C14H21NO3S/c1-9(2)15-14(13(16)17,11-4-5-11)8-19-12-6-7-18-10(12)3/h6-7,9,11,15H,4-5,8H2,1-3H3,(H,16,17). The first-order valence-electron chi connectivity index (χ1n) is 6.63. The molecule has 0 bridgehead atoms. The zero-order valence-electron chi connectivity index (χ0n) is 11.6. The van der Waals surface area contributed by atoms with Crippen LogP contribution in [0.15, 0.2) is 21.6 Å². The van der Waals surface area contributed by atoms with Crippen LogP contribution >= 0.6 is 11.8 Å². The lowest BCUT2D eigenvalue weighted by Crippen LogP contribution is -2.58. The Labute approximate surface area is 117 Å². The highest BCUT2D eigenvalue weighted by molar-refractivity contribution is 7.99. The van der Waals surface area contributed by atoms with Crippen molar-refractivity contribution in [3.8, 4) is 0 Å². The van der Waals surface area contributed by atoms with E-state index in [-0.39, 0.29) is 12.0 Å². The quantitative estimate of drug-likeness (QED) is 0.753. The number of hydrogen-bond donors (Lipinski definition) is 2. The highest BCUT2D eigenvalue weighted by Crippen LogP contribution is 2.43. The molecule has 0 spiro atoms. The molecule has 0 amide bonds. The molecule has 1 atom stereocenters. The summed E-state index contributed by atoms with van der Waals surface area (Å²) in [5, 5.41) is 13.0. The Balaban J connectivity index is 2.13. The van der Waals surface area contributed by atoms with Gasteiger partial charge >= 0.3 is 5.97 Å². The van der Waals surface area contributed by atoms with E-state index in [1.807, 2.05) is 26.8 Å². The van der Waals surface area contributed by atoms with E-state index in [9.17, 15) is 9.90 Å². The lowest BCUT2D eigenvalue weighted by Gasteiger charge is -2.32. The summed E-state index contributed by atoms with van der Waals surface area (Å²) in [7, 11) is 0. The number of carboxylic acid groups (broad SMARTS) is 1. The fourth-order valence-corrected chi connectivity index (χ4v) is 3.61. The fraction of sp³-hybridized carbons (Fsp3) is 0.643.